The van der Waals surface area contributed by atoms with Crippen molar-refractivity contribution in [3.8, 4) is 0 Å². The van der Waals surface area contributed by atoms with Crippen molar-refractivity contribution >= 4 is 0 Å². The van der Waals surface area contributed by atoms with Crippen LogP contribution in [-0.2, 0) is 9.47 Å². The lowest BCUT2D eigenvalue weighted by atomic mass is 10.3. The van der Waals surface area contributed by atoms with E-state index in [4.69, 9.17) is 9.47 Å². The summed E-state index contributed by atoms with van der Waals surface area (Å²) < 4.78 is 10.8. The van der Waals surface area contributed by atoms with Crippen LogP contribution in [0.25, 0.3) is 0 Å². The van der Waals surface area contributed by atoms with E-state index in [0.29, 0.717) is 12.6 Å². The Morgan fingerprint density at radius 3 is 2.83 bits per heavy atom. The Morgan fingerprint density at radius 1 is 1.50 bits per heavy atom. The van der Waals surface area contributed by atoms with Crippen molar-refractivity contribution in [1.82, 2.24) is 4.90 Å². The van der Waals surface area contributed by atoms with Crippen molar-refractivity contribution < 1.29 is 9.47 Å². The van der Waals surface area contributed by atoms with Crippen molar-refractivity contribution in [1.29, 1.82) is 0 Å². The number of ether oxygens (including phenoxy) is 2. The molecule has 1 fully saturated rings. The predicted octanol–water partition coefficient (Wildman–Crippen LogP) is 1.09. The Bertz CT molecular complexity index is 128. The Kier molecular flexibility index (Phi) is 3.98. The van der Waals surface area contributed by atoms with E-state index in [1.54, 1.807) is 7.11 Å². The molecular weight excluding hydrogens is 154 g/mol. The van der Waals surface area contributed by atoms with Crippen molar-refractivity contribution in [3.63, 3.8) is 0 Å². The summed E-state index contributed by atoms with van der Waals surface area (Å²) in [6, 6.07) is 0.539. The molecule has 0 aromatic rings. The van der Waals surface area contributed by atoms with Crippen LogP contribution in [0, 0.1) is 0 Å². The van der Waals surface area contributed by atoms with E-state index >= 15 is 0 Å². The van der Waals surface area contributed by atoms with Crippen molar-refractivity contribution in [3.05, 3.63) is 0 Å². The topological polar surface area (TPSA) is 21.7 Å². The van der Waals surface area contributed by atoms with Gasteiger partial charge in [0.15, 0.2) is 0 Å². The minimum atomic E-state index is 0.146. The third kappa shape index (κ3) is 2.44. The van der Waals surface area contributed by atoms with Crippen LogP contribution in [0.1, 0.15) is 20.3 Å². The van der Waals surface area contributed by atoms with Gasteiger partial charge in [0.1, 0.15) is 6.23 Å². The molecule has 0 bridgehead atoms. The van der Waals surface area contributed by atoms with Crippen LogP contribution in [0.3, 0.4) is 0 Å². The fraction of sp³-hybridized carbons (Fsp3) is 1.00. The summed E-state index contributed by atoms with van der Waals surface area (Å²) in [4.78, 5) is 2.34. The Labute approximate surface area is 74.6 Å². The van der Waals surface area contributed by atoms with Gasteiger partial charge in [0, 0.05) is 26.3 Å². The van der Waals surface area contributed by atoms with Crippen LogP contribution in [-0.4, -0.2) is 44.0 Å². The monoisotopic (exact) mass is 173 g/mol. The number of methoxy groups -OCH3 is 1. The van der Waals surface area contributed by atoms with Gasteiger partial charge in [0.2, 0.25) is 0 Å². The summed E-state index contributed by atoms with van der Waals surface area (Å²) in [6.07, 6.45) is 1.25. The van der Waals surface area contributed by atoms with Crippen LogP contribution in [0.15, 0.2) is 0 Å². The zero-order chi connectivity index (χ0) is 8.97. The molecule has 1 atom stereocenters. The fourth-order valence-corrected chi connectivity index (χ4v) is 1.57. The van der Waals surface area contributed by atoms with Crippen molar-refractivity contribution in [2.75, 3.05) is 26.9 Å². The second-order valence-corrected chi connectivity index (χ2v) is 3.45. The average Bonchev–Trinajstić information content (AvgIpc) is 2.27. The molecule has 0 unspecified atom stereocenters. The lowest BCUT2D eigenvalue weighted by Gasteiger charge is -2.31. The molecule has 0 amide bonds. The molecule has 1 saturated heterocycles. The van der Waals surface area contributed by atoms with Gasteiger partial charge < -0.3 is 9.47 Å². The molecule has 0 spiro atoms. The highest BCUT2D eigenvalue weighted by atomic mass is 16.5. The molecule has 1 heterocycles. The third-order valence-corrected chi connectivity index (χ3v) is 2.27. The van der Waals surface area contributed by atoms with E-state index in [-0.39, 0.29) is 6.23 Å². The molecule has 72 valence electrons. The first-order valence-corrected chi connectivity index (χ1v) is 4.62. The highest BCUT2D eigenvalue weighted by molar-refractivity contribution is 4.69. The fourth-order valence-electron chi connectivity index (χ4n) is 1.57. The minimum Gasteiger partial charge on any atom is -0.377 e. The van der Waals surface area contributed by atoms with Gasteiger partial charge in [-0.2, -0.15) is 0 Å². The van der Waals surface area contributed by atoms with Crippen LogP contribution in [0.2, 0.25) is 0 Å². The van der Waals surface area contributed by atoms with Gasteiger partial charge in [-0.1, -0.05) is 0 Å². The molecule has 0 N–H and O–H groups in total. The second kappa shape index (κ2) is 4.80. The van der Waals surface area contributed by atoms with Gasteiger partial charge in [0.05, 0.1) is 6.61 Å². The highest BCUT2D eigenvalue weighted by Gasteiger charge is 2.22. The molecule has 0 saturated carbocycles. The molecule has 3 nitrogen and oxygen atoms in total. The van der Waals surface area contributed by atoms with Gasteiger partial charge in [-0.3, -0.25) is 4.90 Å². The summed E-state index contributed by atoms with van der Waals surface area (Å²) >= 11 is 0. The lowest BCUT2D eigenvalue weighted by Crippen LogP contribution is -2.43. The Morgan fingerprint density at radius 2 is 2.25 bits per heavy atom. The summed E-state index contributed by atoms with van der Waals surface area (Å²) in [5.74, 6) is 0. The van der Waals surface area contributed by atoms with Gasteiger partial charge in [-0.25, -0.2) is 0 Å². The van der Waals surface area contributed by atoms with E-state index < -0.39 is 0 Å². The summed E-state index contributed by atoms with van der Waals surface area (Å²) in [6.45, 7) is 7.03. The predicted molar refractivity (Wildman–Crippen MR) is 48.1 cm³/mol. The molecule has 3 heteroatoms. The standard InChI is InChI=1S/C9H19NO2/c1-8(2)10-5-4-6-12-7-9(10)11-3/h8-9H,4-7H2,1-3H3/t9-/m0/s1. The number of hydrogen-bond acceptors (Lipinski definition) is 3. The number of nitrogens with zero attached hydrogens (tertiary/aromatic N) is 1. The first kappa shape index (κ1) is 9.96. The van der Waals surface area contributed by atoms with E-state index in [1.807, 2.05) is 0 Å². The van der Waals surface area contributed by atoms with Gasteiger partial charge in [0.25, 0.3) is 0 Å². The SMILES string of the molecule is CO[C@H]1COCCCN1C(C)C. The quantitative estimate of drug-likeness (QED) is 0.624. The molecule has 1 aliphatic rings. The first-order valence-electron chi connectivity index (χ1n) is 4.62. The van der Waals surface area contributed by atoms with Gasteiger partial charge in [-0.05, 0) is 20.3 Å². The van der Waals surface area contributed by atoms with E-state index in [1.165, 1.54) is 0 Å². The summed E-state index contributed by atoms with van der Waals surface area (Å²) in [7, 11) is 1.74. The van der Waals surface area contributed by atoms with Gasteiger partial charge in [-0.15, -0.1) is 0 Å². The number of hydrogen-bond donors (Lipinski definition) is 0. The maximum atomic E-state index is 5.41. The Balaban J connectivity index is 2.51. The molecular formula is C9H19NO2. The molecule has 0 aromatic carbocycles. The summed E-state index contributed by atoms with van der Waals surface area (Å²) in [5.41, 5.74) is 0. The zero-order valence-corrected chi connectivity index (χ0v) is 8.25. The third-order valence-electron chi connectivity index (χ3n) is 2.27. The van der Waals surface area contributed by atoms with E-state index in [9.17, 15) is 0 Å². The van der Waals surface area contributed by atoms with E-state index in [0.717, 1.165) is 19.6 Å². The van der Waals surface area contributed by atoms with Gasteiger partial charge >= 0.3 is 0 Å². The van der Waals surface area contributed by atoms with Crippen molar-refractivity contribution in [2.45, 2.75) is 32.5 Å². The highest BCUT2D eigenvalue weighted by Crippen LogP contribution is 2.11. The lowest BCUT2D eigenvalue weighted by molar-refractivity contribution is -0.0745. The molecule has 12 heavy (non-hydrogen) atoms. The average molecular weight is 173 g/mol. The van der Waals surface area contributed by atoms with Crippen LogP contribution < -0.4 is 0 Å². The smallest absolute Gasteiger partial charge is 0.134 e. The maximum Gasteiger partial charge on any atom is 0.134 e. The largest absolute Gasteiger partial charge is 0.377 e. The normalized spacial score (nSPS) is 27.5. The maximum absolute atomic E-state index is 5.41. The molecule has 1 rings (SSSR count). The van der Waals surface area contributed by atoms with Crippen molar-refractivity contribution in [2.24, 2.45) is 0 Å². The Hall–Kier alpha value is -0.120. The number of rotatable bonds is 2. The molecule has 0 aromatic heterocycles. The van der Waals surface area contributed by atoms with Crippen LogP contribution in [0.4, 0.5) is 0 Å². The molecule has 0 radical (unpaired) electrons. The van der Waals surface area contributed by atoms with Crippen LogP contribution >= 0.6 is 0 Å². The van der Waals surface area contributed by atoms with Crippen LogP contribution in [0.5, 0.6) is 0 Å². The molecule has 1 aliphatic heterocycles. The second-order valence-electron chi connectivity index (χ2n) is 3.45. The van der Waals surface area contributed by atoms with E-state index in [2.05, 4.69) is 18.7 Å². The zero-order valence-electron chi connectivity index (χ0n) is 8.25. The minimum absolute atomic E-state index is 0.146. The first-order chi connectivity index (χ1) is 5.75. The molecule has 0 aliphatic carbocycles. The summed E-state index contributed by atoms with van der Waals surface area (Å²) in [5, 5.41) is 0.